The van der Waals surface area contributed by atoms with Crippen LogP contribution in [0.1, 0.15) is 12.6 Å². The molecule has 1 amide bonds. The van der Waals surface area contributed by atoms with Crippen LogP contribution in [-0.4, -0.2) is 45.6 Å². The summed E-state index contributed by atoms with van der Waals surface area (Å²) in [6.07, 6.45) is 3.74. The van der Waals surface area contributed by atoms with Crippen molar-refractivity contribution in [2.75, 3.05) is 19.7 Å². The molecule has 0 aliphatic rings. The number of hydrogen-bond donors (Lipinski definition) is 1. The average molecular weight is 291 g/mol. The summed E-state index contributed by atoms with van der Waals surface area (Å²) in [6, 6.07) is 3.81. The van der Waals surface area contributed by atoms with Crippen LogP contribution in [-0.2, 0) is 11.2 Å². The Labute approximate surface area is 121 Å². The standard InChI is InChI=1S/C14H17N3O2S/c1-2-17(6-7-18)13(19)8-12-10-20-14(16-12)11-4-3-5-15-9-11/h3-5,9-10,18H,2,6-8H2,1H3. The Balaban J connectivity index is 2.04. The van der Waals surface area contributed by atoms with Crippen molar-refractivity contribution in [3.05, 3.63) is 35.6 Å². The maximum absolute atomic E-state index is 12.0. The van der Waals surface area contributed by atoms with E-state index >= 15 is 0 Å². The van der Waals surface area contributed by atoms with Crippen molar-refractivity contribution in [1.82, 2.24) is 14.9 Å². The van der Waals surface area contributed by atoms with Gasteiger partial charge in [-0.1, -0.05) is 0 Å². The molecule has 0 aliphatic heterocycles. The maximum atomic E-state index is 12.0. The Hall–Kier alpha value is -1.79. The van der Waals surface area contributed by atoms with E-state index in [4.69, 9.17) is 5.11 Å². The number of thiazole rings is 1. The van der Waals surface area contributed by atoms with E-state index in [1.165, 1.54) is 11.3 Å². The van der Waals surface area contributed by atoms with Gasteiger partial charge in [-0.05, 0) is 19.1 Å². The van der Waals surface area contributed by atoms with Gasteiger partial charge in [0.05, 0.1) is 18.7 Å². The van der Waals surface area contributed by atoms with Crippen molar-refractivity contribution in [2.24, 2.45) is 0 Å². The summed E-state index contributed by atoms with van der Waals surface area (Å²) in [4.78, 5) is 22.2. The Morgan fingerprint density at radius 2 is 2.35 bits per heavy atom. The van der Waals surface area contributed by atoms with Crippen LogP contribution in [0.4, 0.5) is 0 Å². The van der Waals surface area contributed by atoms with Gasteiger partial charge in [-0.15, -0.1) is 11.3 Å². The molecule has 2 heterocycles. The van der Waals surface area contributed by atoms with Gasteiger partial charge in [0.15, 0.2) is 0 Å². The smallest absolute Gasteiger partial charge is 0.228 e. The van der Waals surface area contributed by atoms with Crippen molar-refractivity contribution in [2.45, 2.75) is 13.3 Å². The highest BCUT2D eigenvalue weighted by Crippen LogP contribution is 2.22. The monoisotopic (exact) mass is 291 g/mol. The van der Waals surface area contributed by atoms with Crippen molar-refractivity contribution >= 4 is 17.2 Å². The lowest BCUT2D eigenvalue weighted by atomic mass is 10.3. The summed E-state index contributed by atoms with van der Waals surface area (Å²) in [5.74, 6) is -0.00964. The predicted molar refractivity (Wildman–Crippen MR) is 78.4 cm³/mol. The zero-order valence-electron chi connectivity index (χ0n) is 11.3. The zero-order valence-corrected chi connectivity index (χ0v) is 12.1. The van der Waals surface area contributed by atoms with E-state index in [0.717, 1.165) is 16.3 Å². The first-order valence-corrected chi connectivity index (χ1v) is 7.36. The highest BCUT2D eigenvalue weighted by Gasteiger charge is 2.14. The van der Waals surface area contributed by atoms with Crippen LogP contribution < -0.4 is 0 Å². The van der Waals surface area contributed by atoms with Crippen molar-refractivity contribution in [1.29, 1.82) is 0 Å². The van der Waals surface area contributed by atoms with Gasteiger partial charge >= 0.3 is 0 Å². The number of pyridine rings is 1. The van der Waals surface area contributed by atoms with E-state index in [1.54, 1.807) is 17.3 Å². The molecule has 0 unspecified atom stereocenters. The molecule has 2 aromatic rings. The SMILES string of the molecule is CCN(CCO)C(=O)Cc1csc(-c2cccnc2)n1. The minimum atomic E-state index is -0.0163. The Morgan fingerprint density at radius 3 is 3.00 bits per heavy atom. The van der Waals surface area contributed by atoms with Crippen molar-refractivity contribution < 1.29 is 9.90 Å². The summed E-state index contributed by atoms with van der Waals surface area (Å²) < 4.78 is 0. The van der Waals surface area contributed by atoms with Crippen LogP contribution in [0.25, 0.3) is 10.6 Å². The van der Waals surface area contributed by atoms with Crippen LogP contribution in [0.3, 0.4) is 0 Å². The second-order valence-corrected chi connectivity index (χ2v) is 5.12. The van der Waals surface area contributed by atoms with Crippen molar-refractivity contribution in [3.63, 3.8) is 0 Å². The summed E-state index contributed by atoms with van der Waals surface area (Å²) >= 11 is 1.51. The highest BCUT2D eigenvalue weighted by molar-refractivity contribution is 7.13. The molecular weight excluding hydrogens is 274 g/mol. The maximum Gasteiger partial charge on any atom is 0.228 e. The molecule has 2 rings (SSSR count). The van der Waals surface area contributed by atoms with Crippen LogP contribution in [0.15, 0.2) is 29.9 Å². The molecule has 1 N–H and O–H groups in total. The quantitative estimate of drug-likeness (QED) is 0.877. The lowest BCUT2D eigenvalue weighted by Crippen LogP contribution is -2.34. The van der Waals surface area contributed by atoms with Gasteiger partial charge in [-0.25, -0.2) is 4.98 Å². The largest absolute Gasteiger partial charge is 0.395 e. The zero-order chi connectivity index (χ0) is 14.4. The fourth-order valence-electron chi connectivity index (χ4n) is 1.86. The van der Waals surface area contributed by atoms with Crippen LogP contribution >= 0.6 is 11.3 Å². The van der Waals surface area contributed by atoms with Gasteiger partial charge in [0, 0.05) is 36.4 Å². The van der Waals surface area contributed by atoms with Gasteiger partial charge in [-0.2, -0.15) is 0 Å². The Morgan fingerprint density at radius 1 is 1.50 bits per heavy atom. The van der Waals surface area contributed by atoms with E-state index in [0.29, 0.717) is 13.1 Å². The normalized spacial score (nSPS) is 10.5. The van der Waals surface area contributed by atoms with Gasteiger partial charge in [0.1, 0.15) is 5.01 Å². The number of amides is 1. The second-order valence-electron chi connectivity index (χ2n) is 4.26. The third kappa shape index (κ3) is 3.61. The van der Waals surface area contributed by atoms with E-state index in [-0.39, 0.29) is 18.9 Å². The van der Waals surface area contributed by atoms with Crippen LogP contribution in [0, 0.1) is 0 Å². The third-order valence-electron chi connectivity index (χ3n) is 2.90. The number of aromatic nitrogens is 2. The number of likely N-dealkylation sites (N-methyl/N-ethyl adjacent to an activating group) is 1. The fourth-order valence-corrected chi connectivity index (χ4v) is 2.67. The summed E-state index contributed by atoms with van der Waals surface area (Å²) in [7, 11) is 0. The average Bonchev–Trinajstić information content (AvgIpc) is 2.94. The first-order valence-electron chi connectivity index (χ1n) is 6.48. The molecule has 2 aromatic heterocycles. The summed E-state index contributed by atoms with van der Waals surface area (Å²) in [5.41, 5.74) is 1.72. The molecule has 6 heteroatoms. The molecule has 0 fully saturated rings. The number of rotatable bonds is 6. The second kappa shape index (κ2) is 7.12. The predicted octanol–water partition coefficient (Wildman–Crippen LogP) is 1.59. The van der Waals surface area contributed by atoms with Gasteiger partial charge < -0.3 is 10.0 Å². The summed E-state index contributed by atoms with van der Waals surface area (Å²) in [5, 5.41) is 11.7. The molecule has 0 spiro atoms. The molecular formula is C14H17N3O2S. The molecule has 0 saturated heterocycles. The molecule has 0 bridgehead atoms. The lowest BCUT2D eigenvalue weighted by Gasteiger charge is -2.18. The van der Waals surface area contributed by atoms with Gasteiger partial charge in [-0.3, -0.25) is 9.78 Å². The number of carbonyl (C=O) groups is 1. The minimum absolute atomic E-state index is 0.00964. The molecule has 0 aliphatic carbocycles. The molecule has 0 atom stereocenters. The molecule has 106 valence electrons. The van der Waals surface area contributed by atoms with Crippen LogP contribution in [0.5, 0.6) is 0 Å². The Kier molecular flexibility index (Phi) is 5.20. The lowest BCUT2D eigenvalue weighted by molar-refractivity contribution is -0.130. The van der Waals surface area contributed by atoms with Gasteiger partial charge in [0.2, 0.25) is 5.91 Å². The van der Waals surface area contributed by atoms with Gasteiger partial charge in [0.25, 0.3) is 0 Å². The van der Waals surface area contributed by atoms with Crippen molar-refractivity contribution in [3.8, 4) is 10.6 Å². The first kappa shape index (κ1) is 14.6. The summed E-state index contributed by atoms with van der Waals surface area (Å²) in [6.45, 7) is 2.85. The number of nitrogens with zero attached hydrogens (tertiary/aromatic N) is 3. The highest BCUT2D eigenvalue weighted by atomic mass is 32.1. The molecule has 0 aromatic carbocycles. The molecule has 5 nitrogen and oxygen atoms in total. The third-order valence-corrected chi connectivity index (χ3v) is 3.84. The van der Waals surface area contributed by atoms with E-state index in [9.17, 15) is 4.79 Å². The Bertz CT molecular complexity index is 557. The molecule has 0 saturated carbocycles. The van der Waals surface area contributed by atoms with E-state index < -0.39 is 0 Å². The first-order chi connectivity index (χ1) is 9.74. The number of aliphatic hydroxyl groups excluding tert-OH is 1. The molecule has 20 heavy (non-hydrogen) atoms. The van der Waals surface area contributed by atoms with E-state index in [2.05, 4.69) is 9.97 Å². The topological polar surface area (TPSA) is 66.3 Å². The van der Waals surface area contributed by atoms with E-state index in [1.807, 2.05) is 24.4 Å². The molecule has 0 radical (unpaired) electrons. The minimum Gasteiger partial charge on any atom is -0.395 e. The van der Waals surface area contributed by atoms with Crippen LogP contribution in [0.2, 0.25) is 0 Å². The number of aliphatic hydroxyl groups is 1. The number of hydrogen-bond acceptors (Lipinski definition) is 5. The number of carbonyl (C=O) groups excluding carboxylic acids is 1. The fraction of sp³-hybridized carbons (Fsp3) is 0.357.